The van der Waals surface area contributed by atoms with Crippen molar-refractivity contribution in [1.82, 2.24) is 4.98 Å². The van der Waals surface area contributed by atoms with Crippen molar-refractivity contribution in [3.63, 3.8) is 0 Å². The predicted octanol–water partition coefficient (Wildman–Crippen LogP) is 5.47. The molecular formula is C15H9Cl2FN2OS2. The largest absolute Gasteiger partial charge is 0.324 e. The molecule has 0 unspecified atom stereocenters. The van der Waals surface area contributed by atoms with E-state index in [9.17, 15) is 9.18 Å². The first kappa shape index (κ1) is 16.5. The molecule has 0 spiro atoms. The molecule has 0 fully saturated rings. The third-order valence-electron chi connectivity index (χ3n) is 2.86. The number of amides is 1. The summed E-state index contributed by atoms with van der Waals surface area (Å²) >= 11 is 14.6. The van der Waals surface area contributed by atoms with E-state index in [1.807, 2.05) is 6.07 Å². The summed E-state index contributed by atoms with van der Waals surface area (Å²) in [5, 5.41) is 3.44. The van der Waals surface area contributed by atoms with Gasteiger partial charge < -0.3 is 5.32 Å². The molecule has 3 aromatic rings. The topological polar surface area (TPSA) is 42.0 Å². The molecule has 0 aliphatic carbocycles. The third kappa shape index (κ3) is 4.14. The summed E-state index contributed by atoms with van der Waals surface area (Å²) in [4.78, 5) is 16.4. The maximum atomic E-state index is 13.0. The van der Waals surface area contributed by atoms with Gasteiger partial charge in [0.25, 0.3) is 0 Å². The van der Waals surface area contributed by atoms with Crippen LogP contribution in [0.15, 0.2) is 40.7 Å². The summed E-state index contributed by atoms with van der Waals surface area (Å²) in [5.74, 6) is -0.502. The van der Waals surface area contributed by atoms with Crippen LogP contribution in [0.25, 0.3) is 10.2 Å². The minimum absolute atomic E-state index is 0.165. The van der Waals surface area contributed by atoms with Gasteiger partial charge in [0.2, 0.25) is 5.91 Å². The molecular weight excluding hydrogens is 378 g/mol. The molecule has 8 heteroatoms. The lowest BCUT2D eigenvalue weighted by atomic mass is 10.3. The highest BCUT2D eigenvalue weighted by molar-refractivity contribution is 8.01. The first-order valence-electron chi connectivity index (χ1n) is 6.45. The Hall–Kier alpha value is -1.34. The fourth-order valence-corrected chi connectivity index (χ4v) is 4.08. The van der Waals surface area contributed by atoms with Gasteiger partial charge in [0.1, 0.15) is 5.82 Å². The van der Waals surface area contributed by atoms with E-state index in [4.69, 9.17) is 23.2 Å². The molecule has 0 atom stereocenters. The Balaban J connectivity index is 1.63. The van der Waals surface area contributed by atoms with E-state index in [1.165, 1.54) is 35.2 Å². The van der Waals surface area contributed by atoms with Gasteiger partial charge in [-0.2, -0.15) is 0 Å². The molecule has 1 heterocycles. The maximum absolute atomic E-state index is 13.0. The van der Waals surface area contributed by atoms with Crippen molar-refractivity contribution in [1.29, 1.82) is 0 Å². The second-order valence-electron chi connectivity index (χ2n) is 4.55. The van der Waals surface area contributed by atoms with Gasteiger partial charge in [0.05, 0.1) is 26.7 Å². The van der Waals surface area contributed by atoms with Gasteiger partial charge in [-0.25, -0.2) is 9.37 Å². The minimum atomic E-state index is -0.449. The van der Waals surface area contributed by atoms with E-state index in [-0.39, 0.29) is 16.7 Å². The summed E-state index contributed by atoms with van der Waals surface area (Å²) in [5.41, 5.74) is 1.20. The zero-order chi connectivity index (χ0) is 16.4. The number of rotatable bonds is 4. The Labute approximate surface area is 149 Å². The molecule has 0 radical (unpaired) electrons. The van der Waals surface area contributed by atoms with E-state index in [0.717, 1.165) is 20.6 Å². The zero-order valence-electron chi connectivity index (χ0n) is 11.5. The molecule has 1 aromatic heterocycles. The predicted molar refractivity (Wildman–Crippen MR) is 95.4 cm³/mol. The van der Waals surface area contributed by atoms with E-state index < -0.39 is 5.82 Å². The minimum Gasteiger partial charge on any atom is -0.324 e. The number of nitrogens with zero attached hydrogens (tertiary/aromatic N) is 1. The second-order valence-corrected chi connectivity index (χ2v) is 7.65. The lowest BCUT2D eigenvalue weighted by molar-refractivity contribution is -0.113. The SMILES string of the molecule is O=C(CSc1nc2cc(Cl)ccc2s1)Nc1ccc(F)cc1Cl. The molecule has 1 amide bonds. The van der Waals surface area contributed by atoms with Crippen LogP contribution in [-0.2, 0) is 4.79 Å². The van der Waals surface area contributed by atoms with Gasteiger partial charge >= 0.3 is 0 Å². The Morgan fingerprint density at radius 2 is 2.09 bits per heavy atom. The average molecular weight is 387 g/mol. The highest BCUT2D eigenvalue weighted by atomic mass is 35.5. The van der Waals surface area contributed by atoms with Crippen LogP contribution in [0.4, 0.5) is 10.1 Å². The molecule has 0 bridgehead atoms. The van der Waals surface area contributed by atoms with E-state index in [0.29, 0.717) is 10.7 Å². The first-order valence-corrected chi connectivity index (χ1v) is 9.01. The smallest absolute Gasteiger partial charge is 0.234 e. The monoisotopic (exact) mass is 386 g/mol. The molecule has 118 valence electrons. The molecule has 0 aliphatic rings. The average Bonchev–Trinajstić information content (AvgIpc) is 2.90. The highest BCUT2D eigenvalue weighted by Gasteiger charge is 2.10. The van der Waals surface area contributed by atoms with Crippen molar-refractivity contribution in [2.45, 2.75) is 4.34 Å². The van der Waals surface area contributed by atoms with Gasteiger partial charge in [-0.05, 0) is 36.4 Å². The maximum Gasteiger partial charge on any atom is 0.234 e. The summed E-state index contributed by atoms with van der Waals surface area (Å²) in [7, 11) is 0. The van der Waals surface area contributed by atoms with Crippen molar-refractivity contribution in [3.8, 4) is 0 Å². The number of aromatic nitrogens is 1. The number of hydrogen-bond donors (Lipinski definition) is 1. The number of hydrogen-bond acceptors (Lipinski definition) is 4. The number of thioether (sulfide) groups is 1. The van der Waals surface area contributed by atoms with Crippen LogP contribution in [0, 0.1) is 5.82 Å². The number of thiazole rings is 1. The Morgan fingerprint density at radius 3 is 2.87 bits per heavy atom. The van der Waals surface area contributed by atoms with Gasteiger partial charge in [-0.15, -0.1) is 11.3 Å². The number of fused-ring (bicyclic) bond motifs is 1. The van der Waals surface area contributed by atoms with Crippen molar-refractivity contribution in [2.75, 3.05) is 11.1 Å². The molecule has 2 aromatic carbocycles. The molecule has 1 N–H and O–H groups in total. The molecule has 23 heavy (non-hydrogen) atoms. The number of carbonyl (C=O) groups excluding carboxylic acids is 1. The Bertz CT molecular complexity index is 885. The highest BCUT2D eigenvalue weighted by Crippen LogP contribution is 2.31. The zero-order valence-corrected chi connectivity index (χ0v) is 14.6. The molecule has 0 aliphatic heterocycles. The van der Waals surface area contributed by atoms with Crippen molar-refractivity contribution >= 4 is 68.1 Å². The van der Waals surface area contributed by atoms with Crippen LogP contribution in [-0.4, -0.2) is 16.6 Å². The Kier molecular flexibility index (Phi) is 5.06. The summed E-state index contributed by atoms with van der Waals surface area (Å²) < 4.78 is 14.8. The summed E-state index contributed by atoms with van der Waals surface area (Å²) in [6.45, 7) is 0. The molecule has 3 rings (SSSR count). The summed E-state index contributed by atoms with van der Waals surface area (Å²) in [6, 6.07) is 9.32. The fraction of sp³-hybridized carbons (Fsp3) is 0.0667. The van der Waals surface area contributed by atoms with Gasteiger partial charge in [0.15, 0.2) is 4.34 Å². The number of carbonyl (C=O) groups is 1. The summed E-state index contributed by atoms with van der Waals surface area (Å²) in [6.07, 6.45) is 0. The Morgan fingerprint density at radius 1 is 1.26 bits per heavy atom. The van der Waals surface area contributed by atoms with Gasteiger partial charge in [-0.1, -0.05) is 35.0 Å². The van der Waals surface area contributed by atoms with Gasteiger partial charge in [0, 0.05) is 5.02 Å². The lowest BCUT2D eigenvalue weighted by Gasteiger charge is -2.06. The number of anilines is 1. The second kappa shape index (κ2) is 7.05. The normalized spacial score (nSPS) is 10.9. The van der Waals surface area contributed by atoms with Crippen LogP contribution in [0.2, 0.25) is 10.0 Å². The van der Waals surface area contributed by atoms with E-state index in [2.05, 4.69) is 10.3 Å². The molecule has 0 saturated heterocycles. The van der Waals surface area contributed by atoms with E-state index >= 15 is 0 Å². The van der Waals surface area contributed by atoms with Crippen LogP contribution < -0.4 is 5.32 Å². The molecule has 0 saturated carbocycles. The van der Waals surface area contributed by atoms with Crippen molar-refractivity contribution < 1.29 is 9.18 Å². The van der Waals surface area contributed by atoms with Crippen LogP contribution in [0.1, 0.15) is 0 Å². The number of benzene rings is 2. The third-order valence-corrected chi connectivity index (χ3v) is 5.59. The van der Waals surface area contributed by atoms with Crippen LogP contribution >= 0.6 is 46.3 Å². The standard InChI is InChI=1S/C15H9Cl2FN2OS2/c16-8-1-4-13-12(5-8)20-15(23-13)22-7-14(21)19-11-3-2-9(18)6-10(11)17/h1-6H,7H2,(H,19,21). The fourth-order valence-electron chi connectivity index (χ4n) is 1.85. The first-order chi connectivity index (χ1) is 11.0. The lowest BCUT2D eigenvalue weighted by Crippen LogP contribution is -2.14. The van der Waals surface area contributed by atoms with Gasteiger partial charge in [-0.3, -0.25) is 4.79 Å². The van der Waals surface area contributed by atoms with Crippen molar-refractivity contribution in [3.05, 3.63) is 52.3 Å². The number of nitrogens with one attached hydrogen (secondary N) is 1. The van der Waals surface area contributed by atoms with Crippen LogP contribution in [0.5, 0.6) is 0 Å². The quantitative estimate of drug-likeness (QED) is 0.604. The van der Waals surface area contributed by atoms with E-state index in [1.54, 1.807) is 12.1 Å². The number of halogens is 3. The van der Waals surface area contributed by atoms with Crippen molar-refractivity contribution in [2.24, 2.45) is 0 Å². The van der Waals surface area contributed by atoms with Crippen LogP contribution in [0.3, 0.4) is 0 Å². The molecule has 3 nitrogen and oxygen atoms in total.